The van der Waals surface area contributed by atoms with Crippen LogP contribution in [0.5, 0.6) is 0 Å². The molecular formula is C11H9ClN2. The van der Waals surface area contributed by atoms with Crippen molar-refractivity contribution < 1.29 is 0 Å². The fourth-order valence-corrected chi connectivity index (χ4v) is 1.30. The van der Waals surface area contributed by atoms with E-state index in [2.05, 4.69) is 11.7 Å². The lowest BCUT2D eigenvalue weighted by atomic mass is 10.3. The second-order valence-corrected chi connectivity index (χ2v) is 3.34. The average Bonchev–Trinajstić information content (AvgIpc) is 2.67. The summed E-state index contributed by atoms with van der Waals surface area (Å²) in [5.74, 6) is 0. The molecule has 1 aromatic heterocycles. The van der Waals surface area contributed by atoms with Crippen molar-refractivity contribution in [2.45, 2.75) is 0 Å². The highest BCUT2D eigenvalue weighted by molar-refractivity contribution is 6.30. The van der Waals surface area contributed by atoms with Crippen LogP contribution >= 0.6 is 11.6 Å². The number of aromatic nitrogens is 2. The topological polar surface area (TPSA) is 17.8 Å². The lowest BCUT2D eigenvalue weighted by Gasteiger charge is -1.99. The summed E-state index contributed by atoms with van der Waals surface area (Å²) in [7, 11) is 0. The second-order valence-electron chi connectivity index (χ2n) is 2.90. The Bertz CT molecular complexity index is 443. The summed E-state index contributed by atoms with van der Waals surface area (Å²) in [5.41, 5.74) is 1.99. The minimum Gasteiger partial charge on any atom is -0.240 e. The molecule has 2 rings (SSSR count). The van der Waals surface area contributed by atoms with Gasteiger partial charge in [-0.05, 0) is 24.3 Å². The fraction of sp³-hybridized carbons (Fsp3) is 0. The van der Waals surface area contributed by atoms with E-state index in [1.54, 1.807) is 17.0 Å². The maximum absolute atomic E-state index is 5.79. The molecule has 0 atom stereocenters. The predicted octanol–water partition coefficient (Wildman–Crippen LogP) is 3.17. The molecule has 0 N–H and O–H groups in total. The molecule has 0 spiro atoms. The van der Waals surface area contributed by atoms with Gasteiger partial charge in [0.05, 0.1) is 11.9 Å². The second kappa shape index (κ2) is 3.68. The van der Waals surface area contributed by atoms with Gasteiger partial charge >= 0.3 is 0 Å². The van der Waals surface area contributed by atoms with Crippen molar-refractivity contribution in [1.82, 2.24) is 9.78 Å². The number of rotatable bonds is 2. The molecule has 0 fully saturated rings. The van der Waals surface area contributed by atoms with Gasteiger partial charge in [-0.25, -0.2) is 4.68 Å². The average molecular weight is 205 g/mol. The molecule has 0 saturated heterocycles. The fourth-order valence-electron chi connectivity index (χ4n) is 1.18. The first-order chi connectivity index (χ1) is 6.79. The molecule has 0 aliphatic heterocycles. The summed E-state index contributed by atoms with van der Waals surface area (Å²) in [6, 6.07) is 7.52. The highest BCUT2D eigenvalue weighted by Gasteiger charge is 1.97. The monoisotopic (exact) mass is 204 g/mol. The third kappa shape index (κ3) is 1.70. The van der Waals surface area contributed by atoms with Crippen molar-refractivity contribution in [3.05, 3.63) is 53.8 Å². The van der Waals surface area contributed by atoms with Crippen molar-refractivity contribution in [2.75, 3.05) is 0 Å². The van der Waals surface area contributed by atoms with E-state index in [1.165, 1.54) is 0 Å². The van der Waals surface area contributed by atoms with E-state index in [-0.39, 0.29) is 0 Å². The summed E-state index contributed by atoms with van der Waals surface area (Å²) in [5, 5.41) is 4.92. The zero-order chi connectivity index (χ0) is 9.97. The lowest BCUT2D eigenvalue weighted by molar-refractivity contribution is 0.880. The van der Waals surface area contributed by atoms with Gasteiger partial charge in [0.1, 0.15) is 0 Å². The van der Waals surface area contributed by atoms with Crippen LogP contribution in [0, 0.1) is 0 Å². The molecule has 1 heterocycles. The first-order valence-electron chi connectivity index (χ1n) is 4.22. The van der Waals surface area contributed by atoms with Crippen LogP contribution in [-0.4, -0.2) is 9.78 Å². The minimum absolute atomic E-state index is 0.727. The van der Waals surface area contributed by atoms with Crippen LogP contribution in [0.3, 0.4) is 0 Å². The molecule has 0 saturated carbocycles. The number of benzene rings is 1. The highest BCUT2D eigenvalue weighted by Crippen LogP contribution is 2.13. The Morgan fingerprint density at radius 1 is 1.29 bits per heavy atom. The SMILES string of the molecule is C=Cc1cnn(-c2ccc(Cl)cc2)c1. The summed E-state index contributed by atoms with van der Waals surface area (Å²) < 4.78 is 1.79. The molecular weight excluding hydrogens is 196 g/mol. The Hall–Kier alpha value is -1.54. The Morgan fingerprint density at radius 3 is 2.57 bits per heavy atom. The van der Waals surface area contributed by atoms with Crippen LogP contribution < -0.4 is 0 Å². The summed E-state index contributed by atoms with van der Waals surface area (Å²) in [6.07, 6.45) is 5.44. The lowest BCUT2D eigenvalue weighted by Crippen LogP contribution is -1.92. The van der Waals surface area contributed by atoms with E-state index in [9.17, 15) is 0 Å². The molecule has 0 bridgehead atoms. The molecule has 2 aromatic rings. The molecule has 0 amide bonds. The van der Waals surface area contributed by atoms with Crippen LogP contribution in [0.15, 0.2) is 43.2 Å². The summed E-state index contributed by atoms with van der Waals surface area (Å²) in [4.78, 5) is 0. The molecule has 1 aromatic carbocycles. The molecule has 0 aliphatic carbocycles. The first-order valence-corrected chi connectivity index (χ1v) is 4.60. The standard InChI is InChI=1S/C11H9ClN2/c1-2-9-7-13-14(8-9)11-5-3-10(12)4-6-11/h2-8H,1H2. The summed E-state index contributed by atoms with van der Waals surface area (Å²) in [6.45, 7) is 3.68. The maximum atomic E-state index is 5.79. The Morgan fingerprint density at radius 2 is 2.00 bits per heavy atom. The quantitative estimate of drug-likeness (QED) is 0.735. The van der Waals surface area contributed by atoms with Gasteiger partial charge < -0.3 is 0 Å². The van der Waals surface area contributed by atoms with Crippen molar-refractivity contribution in [2.24, 2.45) is 0 Å². The van der Waals surface area contributed by atoms with E-state index < -0.39 is 0 Å². The van der Waals surface area contributed by atoms with E-state index in [0.717, 1.165) is 16.3 Å². The number of hydrogen-bond donors (Lipinski definition) is 0. The smallest absolute Gasteiger partial charge is 0.0646 e. The van der Waals surface area contributed by atoms with Crippen molar-refractivity contribution in [1.29, 1.82) is 0 Å². The largest absolute Gasteiger partial charge is 0.240 e. The van der Waals surface area contributed by atoms with Gasteiger partial charge in [-0.15, -0.1) is 0 Å². The molecule has 14 heavy (non-hydrogen) atoms. The van der Waals surface area contributed by atoms with Crippen molar-refractivity contribution >= 4 is 17.7 Å². The Labute approximate surface area is 87.4 Å². The highest BCUT2D eigenvalue weighted by atomic mass is 35.5. The van der Waals surface area contributed by atoms with Crippen LogP contribution in [0.2, 0.25) is 5.02 Å². The van der Waals surface area contributed by atoms with Crippen LogP contribution in [0.25, 0.3) is 11.8 Å². The molecule has 2 nitrogen and oxygen atoms in total. The maximum Gasteiger partial charge on any atom is 0.0646 e. The molecule has 70 valence electrons. The number of halogens is 1. The van der Waals surface area contributed by atoms with Gasteiger partial charge in [-0.2, -0.15) is 5.10 Å². The first kappa shape index (κ1) is 9.03. The Balaban J connectivity index is 2.39. The van der Waals surface area contributed by atoms with E-state index in [0.29, 0.717) is 0 Å². The van der Waals surface area contributed by atoms with E-state index in [1.807, 2.05) is 30.5 Å². The van der Waals surface area contributed by atoms with Crippen LogP contribution in [0.4, 0.5) is 0 Å². The van der Waals surface area contributed by atoms with E-state index >= 15 is 0 Å². The van der Waals surface area contributed by atoms with Crippen LogP contribution in [0.1, 0.15) is 5.56 Å². The molecule has 3 heteroatoms. The summed E-state index contributed by atoms with van der Waals surface area (Å²) >= 11 is 5.79. The molecule has 0 unspecified atom stereocenters. The van der Waals surface area contributed by atoms with Gasteiger partial charge in [-0.1, -0.05) is 24.3 Å². The molecule has 0 radical (unpaired) electrons. The van der Waals surface area contributed by atoms with Crippen molar-refractivity contribution in [3.63, 3.8) is 0 Å². The predicted molar refractivity (Wildman–Crippen MR) is 58.7 cm³/mol. The Kier molecular flexibility index (Phi) is 2.37. The normalized spacial score (nSPS) is 10.1. The zero-order valence-electron chi connectivity index (χ0n) is 7.52. The van der Waals surface area contributed by atoms with Gasteiger partial charge in [0.2, 0.25) is 0 Å². The van der Waals surface area contributed by atoms with E-state index in [4.69, 9.17) is 11.6 Å². The van der Waals surface area contributed by atoms with Gasteiger partial charge in [0, 0.05) is 16.8 Å². The number of nitrogens with zero attached hydrogens (tertiary/aromatic N) is 2. The number of hydrogen-bond acceptors (Lipinski definition) is 1. The zero-order valence-corrected chi connectivity index (χ0v) is 8.28. The third-order valence-electron chi connectivity index (χ3n) is 1.93. The van der Waals surface area contributed by atoms with Gasteiger partial charge in [0.15, 0.2) is 0 Å². The minimum atomic E-state index is 0.727. The van der Waals surface area contributed by atoms with Gasteiger partial charge in [0.25, 0.3) is 0 Å². The molecule has 0 aliphatic rings. The third-order valence-corrected chi connectivity index (χ3v) is 2.18. The van der Waals surface area contributed by atoms with Gasteiger partial charge in [-0.3, -0.25) is 0 Å². The van der Waals surface area contributed by atoms with Crippen LogP contribution in [-0.2, 0) is 0 Å². The van der Waals surface area contributed by atoms with Crippen molar-refractivity contribution in [3.8, 4) is 5.69 Å².